The number of hydrogen-bond donors (Lipinski definition) is 2. The Balaban J connectivity index is 2.01. The van der Waals surface area contributed by atoms with Crippen molar-refractivity contribution in [3.8, 4) is 0 Å². The Hall–Kier alpha value is -1.66. The number of piperidine rings is 1. The fraction of sp³-hybridized carbons (Fsp3) is 0.571. The lowest BCUT2D eigenvalue weighted by Gasteiger charge is -2.36. The number of carbonyl (C=O) groups excluding carboxylic acids is 1. The molecule has 0 unspecified atom stereocenters. The van der Waals surface area contributed by atoms with Gasteiger partial charge in [-0.3, -0.25) is 4.79 Å². The summed E-state index contributed by atoms with van der Waals surface area (Å²) in [5, 5.41) is 0. The Bertz CT molecular complexity index is 457. The first-order chi connectivity index (χ1) is 9.65. The molecule has 1 aromatic heterocycles. The number of carbonyl (C=O) groups is 1. The smallest absolute Gasteiger partial charge is 0.254 e. The Morgan fingerprint density at radius 2 is 2.25 bits per heavy atom. The van der Waals surface area contributed by atoms with Gasteiger partial charge in [0.05, 0.1) is 0 Å². The first-order valence-corrected chi connectivity index (χ1v) is 7.08. The predicted molar refractivity (Wildman–Crippen MR) is 79.3 cm³/mol. The summed E-state index contributed by atoms with van der Waals surface area (Å²) in [6, 6.07) is 3.72. The number of pyridine rings is 1. The molecule has 1 fully saturated rings. The summed E-state index contributed by atoms with van der Waals surface area (Å²) < 4.78 is 0. The van der Waals surface area contributed by atoms with Crippen LogP contribution in [0.25, 0.3) is 0 Å². The first-order valence-electron chi connectivity index (χ1n) is 7.08. The summed E-state index contributed by atoms with van der Waals surface area (Å²) in [7, 11) is 1.88. The highest BCUT2D eigenvalue weighted by atomic mass is 16.2. The number of nitrogens with two attached hydrogens (primary N) is 1. The highest BCUT2D eigenvalue weighted by Gasteiger charge is 2.25. The molecule has 0 atom stereocenters. The zero-order valence-electron chi connectivity index (χ0n) is 12.2. The molecule has 2 heterocycles. The number of nitrogens with one attached hydrogen (secondary N) is 1. The second kappa shape index (κ2) is 6.67. The summed E-state index contributed by atoms with van der Waals surface area (Å²) in [5.41, 5.74) is 3.08. The molecule has 1 aromatic rings. The number of likely N-dealkylation sites (tertiary alicyclic amines) is 1. The molecule has 1 amide bonds. The third-order valence-electron chi connectivity index (χ3n) is 4.03. The van der Waals surface area contributed by atoms with Crippen LogP contribution >= 0.6 is 0 Å². The molecule has 2 rings (SSSR count). The average molecular weight is 277 g/mol. The average Bonchev–Trinajstić information content (AvgIpc) is 2.53. The largest absolute Gasteiger partial charge is 0.339 e. The molecule has 6 nitrogen and oxygen atoms in total. The fourth-order valence-corrected chi connectivity index (χ4v) is 2.63. The van der Waals surface area contributed by atoms with Crippen molar-refractivity contribution in [2.45, 2.75) is 25.8 Å². The molecule has 3 N–H and O–H groups in total. The van der Waals surface area contributed by atoms with Gasteiger partial charge in [0, 0.05) is 37.9 Å². The van der Waals surface area contributed by atoms with Crippen molar-refractivity contribution in [3.63, 3.8) is 0 Å². The Morgan fingerprint density at radius 3 is 2.85 bits per heavy atom. The maximum Gasteiger partial charge on any atom is 0.254 e. The summed E-state index contributed by atoms with van der Waals surface area (Å²) in [5.74, 6) is 5.86. The van der Waals surface area contributed by atoms with E-state index in [1.807, 2.05) is 11.9 Å². The summed E-state index contributed by atoms with van der Waals surface area (Å²) in [6.45, 7) is 5.38. The Labute approximate surface area is 119 Å². The minimum atomic E-state index is 0.0267. The van der Waals surface area contributed by atoms with E-state index in [2.05, 4.69) is 22.2 Å². The molecule has 110 valence electrons. The monoisotopic (exact) mass is 277 g/mol. The molecule has 6 heteroatoms. The quantitative estimate of drug-likeness (QED) is 0.632. The molecule has 0 radical (unpaired) electrons. The van der Waals surface area contributed by atoms with Gasteiger partial charge < -0.3 is 15.2 Å². The number of aromatic nitrogens is 1. The third-order valence-corrected chi connectivity index (χ3v) is 4.03. The zero-order valence-corrected chi connectivity index (χ0v) is 12.2. The van der Waals surface area contributed by atoms with E-state index >= 15 is 0 Å². The molecule has 0 aromatic carbocycles. The number of anilines is 1. The van der Waals surface area contributed by atoms with Gasteiger partial charge in [-0.25, -0.2) is 10.8 Å². The van der Waals surface area contributed by atoms with Crippen LogP contribution in [0.5, 0.6) is 0 Å². The molecule has 0 aliphatic carbocycles. The Morgan fingerprint density at radius 1 is 1.55 bits per heavy atom. The van der Waals surface area contributed by atoms with Crippen LogP contribution in [0.2, 0.25) is 0 Å². The lowest BCUT2D eigenvalue weighted by Crippen LogP contribution is -2.45. The van der Waals surface area contributed by atoms with Crippen molar-refractivity contribution in [3.05, 3.63) is 23.9 Å². The van der Waals surface area contributed by atoms with Crippen LogP contribution < -0.4 is 11.3 Å². The molecule has 0 spiro atoms. The fourth-order valence-electron chi connectivity index (χ4n) is 2.63. The number of nitrogen functional groups attached to an aromatic ring is 1. The van der Waals surface area contributed by atoms with Gasteiger partial charge in [0.2, 0.25) is 0 Å². The van der Waals surface area contributed by atoms with Gasteiger partial charge in [0.1, 0.15) is 5.82 Å². The van der Waals surface area contributed by atoms with Gasteiger partial charge in [-0.1, -0.05) is 6.92 Å². The zero-order chi connectivity index (χ0) is 14.5. The number of hydrogen-bond acceptors (Lipinski definition) is 5. The van der Waals surface area contributed by atoms with E-state index in [1.54, 1.807) is 18.3 Å². The van der Waals surface area contributed by atoms with Gasteiger partial charge in [-0.2, -0.15) is 0 Å². The molecule has 1 aliphatic heterocycles. The highest BCUT2D eigenvalue weighted by Crippen LogP contribution is 2.18. The van der Waals surface area contributed by atoms with Crippen LogP contribution in [-0.2, 0) is 0 Å². The number of nitrogens with zero attached hydrogens (tertiary/aromatic N) is 3. The van der Waals surface area contributed by atoms with Crippen molar-refractivity contribution in [2.24, 2.45) is 5.84 Å². The maximum atomic E-state index is 12.5. The first kappa shape index (κ1) is 14.7. The van der Waals surface area contributed by atoms with E-state index in [9.17, 15) is 4.79 Å². The van der Waals surface area contributed by atoms with Gasteiger partial charge in [0.25, 0.3) is 5.91 Å². The minimum absolute atomic E-state index is 0.0267. The molecule has 1 aliphatic rings. The van der Waals surface area contributed by atoms with Crippen molar-refractivity contribution in [2.75, 3.05) is 32.1 Å². The summed E-state index contributed by atoms with van der Waals surface area (Å²) in [6.07, 6.45) is 3.66. The molecule has 20 heavy (non-hydrogen) atoms. The number of rotatable bonds is 4. The normalized spacial score (nSPS) is 16.9. The van der Waals surface area contributed by atoms with Gasteiger partial charge >= 0.3 is 0 Å². The summed E-state index contributed by atoms with van der Waals surface area (Å²) >= 11 is 0. The second-order valence-corrected chi connectivity index (χ2v) is 5.16. The minimum Gasteiger partial charge on any atom is -0.339 e. The van der Waals surface area contributed by atoms with Crippen LogP contribution in [0.3, 0.4) is 0 Å². The van der Waals surface area contributed by atoms with E-state index in [0.717, 1.165) is 32.5 Å². The van der Waals surface area contributed by atoms with Crippen LogP contribution in [-0.4, -0.2) is 53.4 Å². The van der Waals surface area contributed by atoms with Crippen LogP contribution in [0, 0.1) is 0 Å². The van der Waals surface area contributed by atoms with Gasteiger partial charge in [0.15, 0.2) is 0 Å². The van der Waals surface area contributed by atoms with Crippen molar-refractivity contribution < 1.29 is 4.79 Å². The van der Waals surface area contributed by atoms with Crippen molar-refractivity contribution in [1.82, 2.24) is 14.8 Å². The molecule has 0 bridgehead atoms. The van der Waals surface area contributed by atoms with Crippen molar-refractivity contribution in [1.29, 1.82) is 0 Å². The van der Waals surface area contributed by atoms with E-state index in [0.29, 0.717) is 17.4 Å². The maximum absolute atomic E-state index is 12.5. The lowest BCUT2D eigenvalue weighted by molar-refractivity contribution is 0.0647. The topological polar surface area (TPSA) is 74.5 Å². The third kappa shape index (κ3) is 3.26. The van der Waals surface area contributed by atoms with Crippen molar-refractivity contribution >= 4 is 11.7 Å². The SMILES string of the molecule is CCN1CCC(N(C)C(=O)c2ccnc(NN)c2)CC1. The lowest BCUT2D eigenvalue weighted by atomic mass is 10.0. The number of hydrazine groups is 1. The van der Waals surface area contributed by atoms with Crippen LogP contribution in [0.4, 0.5) is 5.82 Å². The molecule has 0 saturated carbocycles. The van der Waals surface area contributed by atoms with E-state index in [4.69, 9.17) is 5.84 Å². The van der Waals surface area contributed by atoms with E-state index < -0.39 is 0 Å². The highest BCUT2D eigenvalue weighted by molar-refractivity contribution is 5.94. The summed E-state index contributed by atoms with van der Waals surface area (Å²) in [4.78, 5) is 20.8. The molecule has 1 saturated heterocycles. The van der Waals surface area contributed by atoms with Crippen LogP contribution in [0.1, 0.15) is 30.1 Å². The Kier molecular flexibility index (Phi) is 4.92. The van der Waals surface area contributed by atoms with E-state index in [-0.39, 0.29) is 5.91 Å². The number of amides is 1. The second-order valence-electron chi connectivity index (χ2n) is 5.16. The van der Waals surface area contributed by atoms with Gasteiger partial charge in [-0.05, 0) is 31.5 Å². The predicted octanol–water partition coefficient (Wildman–Crippen LogP) is 0.924. The van der Waals surface area contributed by atoms with Gasteiger partial charge in [-0.15, -0.1) is 0 Å². The van der Waals surface area contributed by atoms with Crippen LogP contribution in [0.15, 0.2) is 18.3 Å². The standard InChI is InChI=1S/C14H23N5O/c1-3-19-8-5-12(6-9-19)18(2)14(20)11-4-7-16-13(10-11)17-15/h4,7,10,12H,3,5-6,8-9,15H2,1-2H3,(H,16,17). The van der Waals surface area contributed by atoms with E-state index in [1.165, 1.54) is 0 Å². The molecular weight excluding hydrogens is 254 g/mol. The molecular formula is C14H23N5O.